The Balaban J connectivity index is 1.91. The molecule has 4 heteroatoms. The molecule has 0 radical (unpaired) electrons. The van der Waals surface area contributed by atoms with E-state index in [1.165, 1.54) is 12.1 Å². The zero-order chi connectivity index (χ0) is 16.5. The van der Waals surface area contributed by atoms with E-state index < -0.39 is 0 Å². The van der Waals surface area contributed by atoms with Crippen LogP contribution in [0.25, 0.3) is 33.3 Å². The summed E-state index contributed by atoms with van der Waals surface area (Å²) in [7, 11) is 0. The van der Waals surface area contributed by atoms with Crippen LogP contribution in [0.4, 0.5) is 10.3 Å². The summed E-state index contributed by atoms with van der Waals surface area (Å²) < 4.78 is 13.1. The summed E-state index contributed by atoms with van der Waals surface area (Å²) in [5.74, 6) is -0.0881. The number of hydrogen-bond acceptors (Lipinski definition) is 3. The average Bonchev–Trinajstić information content (AvgIpc) is 2.61. The van der Waals surface area contributed by atoms with Gasteiger partial charge in [0.05, 0.1) is 11.4 Å². The highest BCUT2D eigenvalue weighted by molar-refractivity contribution is 5.96. The molecule has 2 N–H and O–H groups in total. The maximum atomic E-state index is 13.1. The van der Waals surface area contributed by atoms with Gasteiger partial charge in [-0.15, -0.1) is 0 Å². The second-order valence-electron chi connectivity index (χ2n) is 5.53. The molecule has 1 heterocycles. The van der Waals surface area contributed by atoms with Crippen LogP contribution in [0.15, 0.2) is 72.8 Å². The molecule has 116 valence electrons. The first-order valence-corrected chi connectivity index (χ1v) is 7.59. The van der Waals surface area contributed by atoms with Crippen molar-refractivity contribution in [1.82, 2.24) is 9.97 Å². The van der Waals surface area contributed by atoms with E-state index in [1.54, 1.807) is 12.1 Å². The van der Waals surface area contributed by atoms with Gasteiger partial charge in [0.2, 0.25) is 5.95 Å². The number of nitrogens with two attached hydrogens (primary N) is 1. The van der Waals surface area contributed by atoms with Crippen LogP contribution < -0.4 is 5.73 Å². The average molecular weight is 315 g/mol. The van der Waals surface area contributed by atoms with Crippen molar-refractivity contribution in [2.24, 2.45) is 0 Å². The normalized spacial score (nSPS) is 10.9. The quantitative estimate of drug-likeness (QED) is 0.584. The van der Waals surface area contributed by atoms with Gasteiger partial charge in [-0.25, -0.2) is 14.4 Å². The summed E-state index contributed by atoms with van der Waals surface area (Å²) in [4.78, 5) is 8.67. The number of halogens is 1. The second kappa shape index (κ2) is 5.74. The van der Waals surface area contributed by atoms with E-state index in [1.807, 2.05) is 30.3 Å². The van der Waals surface area contributed by atoms with E-state index in [9.17, 15) is 4.39 Å². The standard InChI is InChI=1S/C20H14FN3/c21-15-10-8-14(9-11-15)18-12-19(24-20(22)23-18)17-7-3-5-13-4-1-2-6-16(13)17/h1-12H,(H2,22,23,24). The molecule has 0 atom stereocenters. The van der Waals surface area contributed by atoms with Crippen molar-refractivity contribution in [2.45, 2.75) is 0 Å². The predicted molar refractivity (Wildman–Crippen MR) is 94.8 cm³/mol. The first-order chi connectivity index (χ1) is 11.7. The summed E-state index contributed by atoms with van der Waals surface area (Å²) in [6, 6.07) is 22.2. The third-order valence-electron chi connectivity index (χ3n) is 3.95. The Morgan fingerprint density at radius 2 is 1.46 bits per heavy atom. The largest absolute Gasteiger partial charge is 0.368 e. The smallest absolute Gasteiger partial charge is 0.221 e. The van der Waals surface area contributed by atoms with E-state index in [-0.39, 0.29) is 11.8 Å². The van der Waals surface area contributed by atoms with E-state index in [4.69, 9.17) is 5.73 Å². The van der Waals surface area contributed by atoms with Crippen molar-refractivity contribution in [3.05, 3.63) is 78.6 Å². The minimum atomic E-state index is -0.282. The lowest BCUT2D eigenvalue weighted by Gasteiger charge is -2.09. The second-order valence-corrected chi connectivity index (χ2v) is 5.53. The monoisotopic (exact) mass is 315 g/mol. The van der Waals surface area contributed by atoms with E-state index in [0.29, 0.717) is 5.69 Å². The van der Waals surface area contributed by atoms with Crippen molar-refractivity contribution in [2.75, 3.05) is 5.73 Å². The Morgan fingerprint density at radius 3 is 2.29 bits per heavy atom. The van der Waals surface area contributed by atoms with Gasteiger partial charge in [0.1, 0.15) is 5.82 Å². The Labute approximate surface area is 138 Å². The maximum absolute atomic E-state index is 13.1. The minimum Gasteiger partial charge on any atom is -0.368 e. The number of rotatable bonds is 2. The van der Waals surface area contributed by atoms with E-state index in [0.717, 1.165) is 27.6 Å². The molecule has 3 aromatic carbocycles. The van der Waals surface area contributed by atoms with Crippen molar-refractivity contribution >= 4 is 16.7 Å². The van der Waals surface area contributed by atoms with Crippen molar-refractivity contribution in [3.63, 3.8) is 0 Å². The Hall–Kier alpha value is -3.27. The van der Waals surface area contributed by atoms with Crippen LogP contribution >= 0.6 is 0 Å². The van der Waals surface area contributed by atoms with Crippen LogP contribution in [0.5, 0.6) is 0 Å². The van der Waals surface area contributed by atoms with Crippen LogP contribution in [0.2, 0.25) is 0 Å². The van der Waals surface area contributed by atoms with Crippen LogP contribution in [0, 0.1) is 5.82 Å². The van der Waals surface area contributed by atoms with Crippen LogP contribution in [-0.4, -0.2) is 9.97 Å². The van der Waals surface area contributed by atoms with Crippen molar-refractivity contribution in [3.8, 4) is 22.5 Å². The zero-order valence-corrected chi connectivity index (χ0v) is 12.8. The molecule has 0 aliphatic carbocycles. The molecule has 4 aromatic rings. The molecule has 0 fully saturated rings. The molecule has 0 aliphatic rings. The summed E-state index contributed by atoms with van der Waals surface area (Å²) in [5.41, 5.74) is 9.12. The predicted octanol–water partition coefficient (Wildman–Crippen LogP) is 4.69. The van der Waals surface area contributed by atoms with Gasteiger partial charge in [0, 0.05) is 11.1 Å². The van der Waals surface area contributed by atoms with Crippen molar-refractivity contribution < 1.29 is 4.39 Å². The van der Waals surface area contributed by atoms with Gasteiger partial charge in [0.15, 0.2) is 0 Å². The number of anilines is 1. The lowest BCUT2D eigenvalue weighted by molar-refractivity contribution is 0.628. The lowest BCUT2D eigenvalue weighted by Crippen LogP contribution is -1.99. The molecule has 0 bridgehead atoms. The molecule has 0 aliphatic heterocycles. The zero-order valence-electron chi connectivity index (χ0n) is 12.8. The van der Waals surface area contributed by atoms with Gasteiger partial charge >= 0.3 is 0 Å². The topological polar surface area (TPSA) is 51.8 Å². The molecule has 0 unspecified atom stereocenters. The molecule has 3 nitrogen and oxygen atoms in total. The Kier molecular flexibility index (Phi) is 3.43. The highest BCUT2D eigenvalue weighted by atomic mass is 19.1. The van der Waals surface area contributed by atoms with E-state index >= 15 is 0 Å². The fourth-order valence-electron chi connectivity index (χ4n) is 2.82. The highest BCUT2D eigenvalue weighted by Gasteiger charge is 2.09. The molecule has 4 rings (SSSR count). The first kappa shape index (κ1) is 14.3. The number of benzene rings is 3. The lowest BCUT2D eigenvalue weighted by atomic mass is 10.0. The van der Waals surface area contributed by atoms with Gasteiger partial charge < -0.3 is 5.73 Å². The van der Waals surface area contributed by atoms with E-state index in [2.05, 4.69) is 28.2 Å². The summed E-state index contributed by atoms with van der Waals surface area (Å²) in [5, 5.41) is 2.23. The summed E-state index contributed by atoms with van der Waals surface area (Å²) >= 11 is 0. The number of hydrogen-bond donors (Lipinski definition) is 1. The Bertz CT molecular complexity index is 1020. The van der Waals surface area contributed by atoms with Crippen LogP contribution in [0.3, 0.4) is 0 Å². The minimum absolute atomic E-state index is 0.194. The van der Waals surface area contributed by atoms with Crippen LogP contribution in [-0.2, 0) is 0 Å². The number of nitrogen functional groups attached to an aromatic ring is 1. The van der Waals surface area contributed by atoms with Gasteiger partial charge in [0.25, 0.3) is 0 Å². The fourth-order valence-corrected chi connectivity index (χ4v) is 2.82. The fraction of sp³-hybridized carbons (Fsp3) is 0. The third-order valence-corrected chi connectivity index (χ3v) is 3.95. The molecule has 0 spiro atoms. The molecule has 0 amide bonds. The van der Waals surface area contributed by atoms with Gasteiger partial charge in [-0.05, 0) is 41.1 Å². The van der Waals surface area contributed by atoms with Gasteiger partial charge in [-0.2, -0.15) is 0 Å². The Morgan fingerprint density at radius 1 is 0.750 bits per heavy atom. The number of fused-ring (bicyclic) bond motifs is 1. The molecule has 0 saturated carbocycles. The number of aromatic nitrogens is 2. The number of nitrogens with zero attached hydrogens (tertiary/aromatic N) is 2. The molecular formula is C20H14FN3. The molecule has 0 saturated heterocycles. The highest BCUT2D eigenvalue weighted by Crippen LogP contribution is 2.30. The SMILES string of the molecule is Nc1nc(-c2ccc(F)cc2)cc(-c2cccc3ccccc23)n1. The maximum Gasteiger partial charge on any atom is 0.221 e. The van der Waals surface area contributed by atoms with Crippen molar-refractivity contribution in [1.29, 1.82) is 0 Å². The molecular weight excluding hydrogens is 301 g/mol. The molecule has 1 aromatic heterocycles. The van der Waals surface area contributed by atoms with Crippen LogP contribution in [0.1, 0.15) is 0 Å². The third kappa shape index (κ3) is 2.58. The summed E-state index contributed by atoms with van der Waals surface area (Å²) in [6.07, 6.45) is 0. The van der Waals surface area contributed by atoms with Gasteiger partial charge in [-0.1, -0.05) is 42.5 Å². The van der Waals surface area contributed by atoms with Gasteiger partial charge in [-0.3, -0.25) is 0 Å². The molecule has 24 heavy (non-hydrogen) atoms. The summed E-state index contributed by atoms with van der Waals surface area (Å²) in [6.45, 7) is 0. The first-order valence-electron chi connectivity index (χ1n) is 7.59.